The number of ether oxygens (including phenoxy) is 1. The number of aromatic amines is 1. The number of hydrogen-bond acceptors (Lipinski definition) is 5. The summed E-state index contributed by atoms with van der Waals surface area (Å²) >= 11 is 7.20. The zero-order valence-electron chi connectivity index (χ0n) is 13.2. The molecule has 1 heterocycles. The van der Waals surface area contributed by atoms with Crippen LogP contribution in [0.1, 0.15) is 0 Å². The number of nitrogens with one attached hydrogen (secondary N) is 1. The van der Waals surface area contributed by atoms with E-state index in [9.17, 15) is 4.79 Å². The number of carboxylic acids is 1. The summed E-state index contributed by atoms with van der Waals surface area (Å²) in [6.07, 6.45) is 0. The van der Waals surface area contributed by atoms with Gasteiger partial charge in [0.25, 0.3) is 0 Å². The number of aromatic nitrogens is 3. The van der Waals surface area contributed by atoms with E-state index < -0.39 is 5.97 Å². The van der Waals surface area contributed by atoms with Gasteiger partial charge in [-0.05, 0) is 35.4 Å². The summed E-state index contributed by atoms with van der Waals surface area (Å²) in [5.41, 5.74) is 2.71. The van der Waals surface area contributed by atoms with Crippen LogP contribution in [0, 0.1) is 0 Å². The van der Waals surface area contributed by atoms with E-state index in [4.69, 9.17) is 21.4 Å². The molecule has 0 unspecified atom stereocenters. The van der Waals surface area contributed by atoms with E-state index in [1.165, 1.54) is 0 Å². The lowest BCUT2D eigenvalue weighted by molar-refractivity contribution is -0.133. The molecule has 3 aromatic rings. The first-order valence-corrected chi connectivity index (χ1v) is 8.64. The number of benzene rings is 2. The van der Waals surface area contributed by atoms with Crippen molar-refractivity contribution in [2.24, 2.45) is 0 Å². The normalized spacial score (nSPS) is 10.6. The Morgan fingerprint density at radius 3 is 2.80 bits per heavy atom. The van der Waals surface area contributed by atoms with Crippen molar-refractivity contribution in [1.82, 2.24) is 15.2 Å². The number of nitrogens with zero attached hydrogens (tertiary/aromatic N) is 2. The highest BCUT2D eigenvalue weighted by Gasteiger charge is 2.10. The summed E-state index contributed by atoms with van der Waals surface area (Å²) in [6, 6.07) is 13.2. The van der Waals surface area contributed by atoms with Crippen LogP contribution < -0.4 is 4.74 Å². The number of halogens is 1. The molecule has 2 aromatic carbocycles. The fourth-order valence-corrected chi connectivity index (χ4v) is 3.00. The second-order valence-electron chi connectivity index (χ2n) is 5.11. The molecule has 0 bridgehead atoms. The predicted molar refractivity (Wildman–Crippen MR) is 97.2 cm³/mol. The quantitative estimate of drug-likeness (QED) is 0.633. The number of rotatable bonds is 6. The lowest BCUT2D eigenvalue weighted by Crippen LogP contribution is -1.97. The maximum Gasteiger partial charge on any atom is 0.313 e. The van der Waals surface area contributed by atoms with Gasteiger partial charge < -0.3 is 9.84 Å². The average molecular weight is 376 g/mol. The van der Waals surface area contributed by atoms with Crippen LogP contribution in [0.2, 0.25) is 5.02 Å². The topological polar surface area (TPSA) is 88.1 Å². The number of carbonyl (C=O) groups is 1. The summed E-state index contributed by atoms with van der Waals surface area (Å²) in [7, 11) is 1.59. The van der Waals surface area contributed by atoms with Gasteiger partial charge in [-0.2, -0.15) is 0 Å². The van der Waals surface area contributed by atoms with Gasteiger partial charge in [-0.15, -0.1) is 5.10 Å². The molecule has 0 radical (unpaired) electrons. The first-order valence-electron chi connectivity index (χ1n) is 7.27. The zero-order chi connectivity index (χ0) is 17.8. The number of thioether (sulfide) groups is 1. The van der Waals surface area contributed by atoms with Crippen LogP contribution >= 0.6 is 23.4 Å². The lowest BCUT2D eigenvalue weighted by Gasteiger charge is -2.07. The smallest absolute Gasteiger partial charge is 0.313 e. The summed E-state index contributed by atoms with van der Waals surface area (Å²) in [4.78, 5) is 14.9. The lowest BCUT2D eigenvalue weighted by atomic mass is 10.0. The van der Waals surface area contributed by atoms with Crippen molar-refractivity contribution in [1.29, 1.82) is 0 Å². The number of hydrogen-bond donors (Lipinski definition) is 2. The van der Waals surface area contributed by atoms with Gasteiger partial charge >= 0.3 is 5.97 Å². The molecule has 0 aliphatic rings. The molecule has 6 nitrogen and oxygen atoms in total. The Hall–Kier alpha value is -2.51. The monoisotopic (exact) mass is 375 g/mol. The van der Waals surface area contributed by atoms with Gasteiger partial charge in [0.05, 0.1) is 12.9 Å². The van der Waals surface area contributed by atoms with Gasteiger partial charge in [0, 0.05) is 10.6 Å². The fourth-order valence-electron chi connectivity index (χ4n) is 2.26. The minimum atomic E-state index is -0.909. The molecular formula is C17H14ClN3O3S. The van der Waals surface area contributed by atoms with E-state index in [1.807, 2.05) is 36.4 Å². The zero-order valence-corrected chi connectivity index (χ0v) is 14.8. The fraction of sp³-hybridized carbons (Fsp3) is 0.118. The summed E-state index contributed by atoms with van der Waals surface area (Å²) < 4.78 is 5.26. The minimum Gasteiger partial charge on any atom is -0.497 e. The predicted octanol–water partition coefficient (Wildman–Crippen LogP) is 3.98. The van der Waals surface area contributed by atoms with E-state index in [2.05, 4.69) is 15.2 Å². The molecule has 25 heavy (non-hydrogen) atoms. The Kier molecular flexibility index (Phi) is 5.25. The first kappa shape index (κ1) is 17.3. The molecule has 128 valence electrons. The molecule has 0 atom stereocenters. The van der Waals surface area contributed by atoms with Crippen molar-refractivity contribution >= 4 is 29.3 Å². The molecule has 0 aliphatic carbocycles. The van der Waals surface area contributed by atoms with E-state index in [-0.39, 0.29) is 5.75 Å². The average Bonchev–Trinajstić information content (AvgIpc) is 3.08. The van der Waals surface area contributed by atoms with Crippen molar-refractivity contribution in [3.63, 3.8) is 0 Å². The third-order valence-corrected chi connectivity index (χ3v) is 4.42. The minimum absolute atomic E-state index is 0.0837. The highest BCUT2D eigenvalue weighted by Crippen LogP contribution is 2.30. The third kappa shape index (κ3) is 4.32. The Bertz CT molecular complexity index is 914. The number of methoxy groups -OCH3 is 1. The molecule has 2 N–H and O–H groups in total. The highest BCUT2D eigenvalue weighted by molar-refractivity contribution is 7.99. The molecule has 3 rings (SSSR count). The molecule has 0 spiro atoms. The number of H-pyrrole nitrogens is 1. The summed E-state index contributed by atoms with van der Waals surface area (Å²) in [5, 5.41) is 16.6. The largest absolute Gasteiger partial charge is 0.497 e. The molecular weight excluding hydrogens is 362 g/mol. The van der Waals surface area contributed by atoms with Crippen molar-refractivity contribution in [2.45, 2.75) is 5.16 Å². The molecule has 0 fully saturated rings. The van der Waals surface area contributed by atoms with Crippen molar-refractivity contribution in [3.05, 3.63) is 47.5 Å². The Morgan fingerprint density at radius 1 is 1.24 bits per heavy atom. The van der Waals surface area contributed by atoms with E-state index in [1.54, 1.807) is 13.2 Å². The van der Waals surface area contributed by atoms with Gasteiger partial charge in [-0.25, -0.2) is 4.98 Å². The van der Waals surface area contributed by atoms with Crippen LogP contribution in [-0.2, 0) is 4.79 Å². The van der Waals surface area contributed by atoms with Crippen LogP contribution in [0.25, 0.3) is 22.5 Å². The van der Waals surface area contributed by atoms with Crippen LogP contribution in [0.4, 0.5) is 0 Å². The van der Waals surface area contributed by atoms with Crippen molar-refractivity contribution in [3.8, 4) is 28.3 Å². The summed E-state index contributed by atoms with van der Waals surface area (Å²) in [5.74, 6) is 0.261. The van der Waals surface area contributed by atoms with Crippen molar-refractivity contribution < 1.29 is 14.6 Å². The standard InChI is InChI=1S/C17H14ClN3O3S/c1-24-14-7-12(6-13(18)8-14)10-3-2-4-11(5-10)16-19-17(21-20-16)25-9-15(22)23/h2-8H,9H2,1H3,(H,22,23)(H,19,20,21). The second-order valence-corrected chi connectivity index (χ2v) is 6.49. The molecule has 0 aliphatic heterocycles. The molecule has 1 aromatic heterocycles. The highest BCUT2D eigenvalue weighted by atomic mass is 35.5. The number of carboxylic acid groups (broad SMARTS) is 1. The Balaban J connectivity index is 1.89. The molecule has 0 amide bonds. The van der Waals surface area contributed by atoms with E-state index >= 15 is 0 Å². The van der Waals surface area contributed by atoms with Gasteiger partial charge in [-0.1, -0.05) is 41.6 Å². The van der Waals surface area contributed by atoms with Crippen LogP contribution in [0.5, 0.6) is 5.75 Å². The van der Waals surface area contributed by atoms with Gasteiger partial charge in [0.15, 0.2) is 5.82 Å². The summed E-state index contributed by atoms with van der Waals surface area (Å²) in [6.45, 7) is 0. The van der Waals surface area contributed by atoms with Crippen LogP contribution in [0.15, 0.2) is 47.6 Å². The first-order chi connectivity index (χ1) is 12.0. The van der Waals surface area contributed by atoms with E-state index in [0.717, 1.165) is 28.5 Å². The van der Waals surface area contributed by atoms with Crippen LogP contribution in [-0.4, -0.2) is 39.1 Å². The molecule has 8 heteroatoms. The van der Waals surface area contributed by atoms with Gasteiger partial charge in [-0.3, -0.25) is 9.89 Å². The third-order valence-electron chi connectivity index (χ3n) is 3.37. The van der Waals surface area contributed by atoms with Crippen LogP contribution in [0.3, 0.4) is 0 Å². The van der Waals surface area contributed by atoms with Gasteiger partial charge in [0.1, 0.15) is 5.75 Å². The Morgan fingerprint density at radius 2 is 2.04 bits per heavy atom. The maximum absolute atomic E-state index is 10.6. The number of aliphatic carboxylic acids is 1. The second kappa shape index (κ2) is 7.58. The SMILES string of the molecule is COc1cc(Cl)cc(-c2cccc(-c3nc(SCC(=O)O)n[nH]3)c2)c1. The van der Waals surface area contributed by atoms with Gasteiger partial charge in [0.2, 0.25) is 5.16 Å². The Labute approximate surface area is 153 Å². The molecule has 0 saturated heterocycles. The van der Waals surface area contributed by atoms with Crippen molar-refractivity contribution in [2.75, 3.05) is 12.9 Å². The van der Waals surface area contributed by atoms with E-state index in [0.29, 0.717) is 21.8 Å². The molecule has 0 saturated carbocycles. The maximum atomic E-state index is 10.6.